The van der Waals surface area contributed by atoms with Crippen LogP contribution in [0.25, 0.3) is 5.69 Å². The normalized spacial score (nSPS) is 9.69. The number of hydrogen-bond donors (Lipinski definition) is 1. The molecule has 16 heavy (non-hydrogen) atoms. The van der Waals surface area contributed by atoms with Gasteiger partial charge in [0.1, 0.15) is 11.8 Å². The summed E-state index contributed by atoms with van der Waals surface area (Å²) >= 11 is 0. The first-order valence-electron chi connectivity index (χ1n) is 4.50. The van der Waals surface area contributed by atoms with Crippen molar-refractivity contribution in [1.82, 2.24) is 9.78 Å². The first kappa shape index (κ1) is 9.93. The predicted octanol–water partition coefficient (Wildman–Crippen LogP) is 1.44. The van der Waals surface area contributed by atoms with Crippen LogP contribution in [0.3, 0.4) is 0 Å². The van der Waals surface area contributed by atoms with Gasteiger partial charge in [0.15, 0.2) is 0 Å². The molecule has 1 heterocycles. The van der Waals surface area contributed by atoms with E-state index in [1.165, 1.54) is 23.0 Å². The van der Waals surface area contributed by atoms with Crippen molar-refractivity contribution in [2.75, 3.05) is 0 Å². The average molecular weight is 213 g/mol. The summed E-state index contributed by atoms with van der Waals surface area (Å²) in [6.07, 6.45) is 1.52. The Bertz CT molecular complexity index is 564. The SMILES string of the molecule is N#Cc1ccnn1-c1ccc(C(=O)O)cc1. The molecule has 0 atom stereocenters. The smallest absolute Gasteiger partial charge is 0.335 e. The van der Waals surface area contributed by atoms with Gasteiger partial charge in [-0.2, -0.15) is 10.4 Å². The average Bonchev–Trinajstić information content (AvgIpc) is 2.77. The molecule has 1 aromatic carbocycles. The van der Waals surface area contributed by atoms with Gasteiger partial charge in [0, 0.05) is 0 Å². The van der Waals surface area contributed by atoms with Crippen molar-refractivity contribution in [3.8, 4) is 11.8 Å². The summed E-state index contributed by atoms with van der Waals surface area (Å²) in [7, 11) is 0. The standard InChI is InChI=1S/C11H7N3O2/c12-7-10-5-6-13-14(10)9-3-1-8(2-4-9)11(15)16/h1-6H,(H,15,16). The molecule has 5 nitrogen and oxygen atoms in total. The molecule has 1 N–H and O–H groups in total. The largest absolute Gasteiger partial charge is 0.478 e. The van der Waals surface area contributed by atoms with Gasteiger partial charge in [-0.1, -0.05) is 0 Å². The molecule has 0 unspecified atom stereocenters. The van der Waals surface area contributed by atoms with Crippen LogP contribution in [0.4, 0.5) is 0 Å². The lowest BCUT2D eigenvalue weighted by molar-refractivity contribution is 0.0697. The first-order valence-corrected chi connectivity index (χ1v) is 4.50. The van der Waals surface area contributed by atoms with Crippen molar-refractivity contribution in [3.05, 3.63) is 47.8 Å². The number of rotatable bonds is 2. The number of aromatic carboxylic acids is 1. The third kappa shape index (κ3) is 1.64. The van der Waals surface area contributed by atoms with E-state index in [1.54, 1.807) is 18.2 Å². The van der Waals surface area contributed by atoms with Crippen molar-refractivity contribution in [1.29, 1.82) is 5.26 Å². The number of nitrogens with zero attached hydrogens (tertiary/aromatic N) is 3. The molecule has 0 saturated heterocycles. The van der Waals surface area contributed by atoms with Crippen LogP contribution in [0.1, 0.15) is 16.1 Å². The van der Waals surface area contributed by atoms with E-state index in [-0.39, 0.29) is 5.56 Å². The highest BCUT2D eigenvalue weighted by atomic mass is 16.4. The molecule has 0 fully saturated rings. The molecule has 0 bridgehead atoms. The summed E-state index contributed by atoms with van der Waals surface area (Å²) in [4.78, 5) is 10.6. The highest BCUT2D eigenvalue weighted by Crippen LogP contribution is 2.11. The topological polar surface area (TPSA) is 78.9 Å². The lowest BCUT2D eigenvalue weighted by Crippen LogP contribution is -2.01. The van der Waals surface area contributed by atoms with Crippen LogP contribution in [0.15, 0.2) is 36.5 Å². The molecule has 1 aromatic heterocycles. The lowest BCUT2D eigenvalue weighted by atomic mass is 10.2. The molecule has 78 valence electrons. The molecule has 0 amide bonds. The number of carboxylic acid groups (broad SMARTS) is 1. The number of hydrogen-bond acceptors (Lipinski definition) is 3. The summed E-state index contributed by atoms with van der Waals surface area (Å²) in [5, 5.41) is 21.5. The third-order valence-corrected chi connectivity index (χ3v) is 2.12. The maximum absolute atomic E-state index is 10.6. The van der Waals surface area contributed by atoms with Gasteiger partial charge in [0.05, 0.1) is 17.4 Å². The Hall–Kier alpha value is -2.61. The summed E-state index contributed by atoms with van der Waals surface area (Å²) in [5.41, 5.74) is 1.27. The minimum Gasteiger partial charge on any atom is -0.478 e. The Labute approximate surface area is 91.2 Å². The summed E-state index contributed by atoms with van der Waals surface area (Å²) < 4.78 is 1.45. The molecular formula is C11H7N3O2. The van der Waals surface area contributed by atoms with Crippen LogP contribution in [-0.4, -0.2) is 20.9 Å². The highest BCUT2D eigenvalue weighted by Gasteiger charge is 2.05. The fourth-order valence-corrected chi connectivity index (χ4v) is 1.34. The zero-order valence-electron chi connectivity index (χ0n) is 8.16. The Morgan fingerprint density at radius 2 is 2.00 bits per heavy atom. The Kier molecular flexibility index (Phi) is 2.40. The second kappa shape index (κ2) is 3.87. The van der Waals surface area contributed by atoms with Gasteiger partial charge in [-0.25, -0.2) is 9.48 Å². The van der Waals surface area contributed by atoms with E-state index in [1.807, 2.05) is 6.07 Å². The first-order chi connectivity index (χ1) is 7.72. The Balaban J connectivity index is 2.43. The maximum atomic E-state index is 10.6. The van der Waals surface area contributed by atoms with Crippen molar-refractivity contribution in [3.63, 3.8) is 0 Å². The van der Waals surface area contributed by atoms with Crippen LogP contribution >= 0.6 is 0 Å². The Morgan fingerprint density at radius 3 is 2.56 bits per heavy atom. The number of carbonyl (C=O) groups is 1. The van der Waals surface area contributed by atoms with Gasteiger partial charge in [-0.15, -0.1) is 0 Å². The molecule has 0 aliphatic rings. The number of aromatic nitrogens is 2. The minimum absolute atomic E-state index is 0.203. The van der Waals surface area contributed by atoms with E-state index < -0.39 is 5.97 Å². The zero-order valence-corrected chi connectivity index (χ0v) is 8.16. The molecule has 5 heteroatoms. The molecule has 0 radical (unpaired) electrons. The Morgan fingerprint density at radius 1 is 1.31 bits per heavy atom. The van der Waals surface area contributed by atoms with E-state index in [4.69, 9.17) is 10.4 Å². The predicted molar refractivity (Wildman–Crippen MR) is 55.2 cm³/mol. The highest BCUT2D eigenvalue weighted by molar-refractivity contribution is 5.87. The van der Waals surface area contributed by atoms with E-state index in [0.29, 0.717) is 11.4 Å². The quantitative estimate of drug-likeness (QED) is 0.818. The van der Waals surface area contributed by atoms with Gasteiger partial charge < -0.3 is 5.11 Å². The van der Waals surface area contributed by atoms with E-state index in [9.17, 15) is 4.79 Å². The van der Waals surface area contributed by atoms with Gasteiger partial charge in [-0.3, -0.25) is 0 Å². The van der Waals surface area contributed by atoms with Crippen LogP contribution < -0.4 is 0 Å². The zero-order chi connectivity index (χ0) is 11.5. The maximum Gasteiger partial charge on any atom is 0.335 e. The molecule has 0 saturated carbocycles. The van der Waals surface area contributed by atoms with Crippen LogP contribution in [0.2, 0.25) is 0 Å². The number of benzene rings is 1. The fraction of sp³-hybridized carbons (Fsp3) is 0. The van der Waals surface area contributed by atoms with Crippen molar-refractivity contribution in [2.24, 2.45) is 0 Å². The van der Waals surface area contributed by atoms with Crippen molar-refractivity contribution < 1.29 is 9.90 Å². The monoisotopic (exact) mass is 213 g/mol. The van der Waals surface area contributed by atoms with Crippen molar-refractivity contribution >= 4 is 5.97 Å². The van der Waals surface area contributed by atoms with Gasteiger partial charge >= 0.3 is 5.97 Å². The number of carboxylic acids is 1. The summed E-state index contributed by atoms with van der Waals surface area (Å²) in [6.45, 7) is 0. The molecule has 0 aliphatic heterocycles. The third-order valence-electron chi connectivity index (χ3n) is 2.12. The number of nitriles is 1. The minimum atomic E-state index is -0.979. The molecule has 0 spiro atoms. The van der Waals surface area contributed by atoms with Crippen LogP contribution in [0.5, 0.6) is 0 Å². The van der Waals surface area contributed by atoms with Gasteiger partial charge in [-0.05, 0) is 30.3 Å². The van der Waals surface area contributed by atoms with E-state index in [0.717, 1.165) is 0 Å². The van der Waals surface area contributed by atoms with E-state index in [2.05, 4.69) is 5.10 Å². The van der Waals surface area contributed by atoms with Crippen LogP contribution in [0, 0.1) is 11.3 Å². The summed E-state index contributed by atoms with van der Waals surface area (Å²) in [5.74, 6) is -0.979. The molecule has 2 aromatic rings. The molecular weight excluding hydrogens is 206 g/mol. The lowest BCUT2D eigenvalue weighted by Gasteiger charge is -2.02. The van der Waals surface area contributed by atoms with E-state index >= 15 is 0 Å². The second-order valence-corrected chi connectivity index (χ2v) is 3.09. The van der Waals surface area contributed by atoms with Gasteiger partial charge in [0.2, 0.25) is 0 Å². The van der Waals surface area contributed by atoms with Gasteiger partial charge in [0.25, 0.3) is 0 Å². The fourth-order valence-electron chi connectivity index (χ4n) is 1.34. The summed E-state index contributed by atoms with van der Waals surface area (Å²) in [6, 6.07) is 9.75. The molecule has 2 rings (SSSR count). The molecule has 0 aliphatic carbocycles. The van der Waals surface area contributed by atoms with Crippen molar-refractivity contribution in [2.45, 2.75) is 0 Å². The second-order valence-electron chi connectivity index (χ2n) is 3.09. The van der Waals surface area contributed by atoms with Crippen LogP contribution in [-0.2, 0) is 0 Å².